The fraction of sp³-hybridized carbons (Fsp3) is 0.429. The first kappa shape index (κ1) is 14.3. The van der Waals surface area contributed by atoms with Gasteiger partial charge in [0.1, 0.15) is 0 Å². The molecule has 1 aromatic carbocycles. The van der Waals surface area contributed by atoms with Gasteiger partial charge in [0.2, 0.25) is 5.91 Å². The summed E-state index contributed by atoms with van der Waals surface area (Å²) in [5, 5.41) is 14.9. The fourth-order valence-corrected chi connectivity index (χ4v) is 2.36. The van der Waals surface area contributed by atoms with Gasteiger partial charge in [-0.1, -0.05) is 17.3 Å². The van der Waals surface area contributed by atoms with E-state index in [4.69, 9.17) is 10.9 Å². The molecule has 1 atom stereocenters. The second kappa shape index (κ2) is 5.92. The number of nitrogens with one attached hydrogen (secondary N) is 1. The Balaban J connectivity index is 2.02. The average Bonchev–Trinajstić information content (AvgIpc) is 2.76. The van der Waals surface area contributed by atoms with E-state index in [0.717, 1.165) is 24.1 Å². The van der Waals surface area contributed by atoms with Gasteiger partial charge in [-0.25, -0.2) is 0 Å². The van der Waals surface area contributed by atoms with E-state index in [0.29, 0.717) is 12.1 Å². The third-order valence-electron chi connectivity index (χ3n) is 3.71. The van der Waals surface area contributed by atoms with Crippen molar-refractivity contribution in [2.24, 2.45) is 10.9 Å². The number of carbonyl (C=O) groups excluding carboxylic acids is 1. The molecule has 4 N–H and O–H groups in total. The number of amides is 1. The van der Waals surface area contributed by atoms with Gasteiger partial charge in [0.25, 0.3) is 0 Å². The molecule has 1 amide bonds. The maximum absolute atomic E-state index is 11.8. The van der Waals surface area contributed by atoms with Crippen molar-refractivity contribution in [1.29, 1.82) is 0 Å². The Labute approximate surface area is 118 Å². The van der Waals surface area contributed by atoms with Crippen LogP contribution < -0.4 is 11.1 Å². The van der Waals surface area contributed by atoms with Crippen LogP contribution in [0.15, 0.2) is 23.4 Å². The predicted octanol–water partition coefficient (Wildman–Crippen LogP) is 0.410. The van der Waals surface area contributed by atoms with Crippen molar-refractivity contribution in [2.45, 2.75) is 25.9 Å². The van der Waals surface area contributed by atoms with E-state index in [9.17, 15) is 4.79 Å². The number of hydrogen-bond donors (Lipinski definition) is 3. The van der Waals surface area contributed by atoms with E-state index in [1.165, 1.54) is 0 Å². The lowest BCUT2D eigenvalue weighted by atomic mass is 10.0. The van der Waals surface area contributed by atoms with Crippen molar-refractivity contribution in [3.05, 3.63) is 34.9 Å². The summed E-state index contributed by atoms with van der Waals surface area (Å²) in [6.45, 7) is 3.40. The summed E-state index contributed by atoms with van der Waals surface area (Å²) in [6, 6.07) is 5.51. The van der Waals surface area contributed by atoms with Crippen LogP contribution in [0.3, 0.4) is 0 Å². The van der Waals surface area contributed by atoms with Crippen molar-refractivity contribution >= 4 is 11.7 Å². The zero-order valence-electron chi connectivity index (χ0n) is 11.8. The van der Waals surface area contributed by atoms with Crippen molar-refractivity contribution in [3.63, 3.8) is 0 Å². The minimum Gasteiger partial charge on any atom is -0.409 e. The Hall–Kier alpha value is -2.08. The quantitative estimate of drug-likeness (QED) is 0.321. The molecule has 1 fully saturated rings. The first-order chi connectivity index (χ1) is 9.52. The average molecular weight is 276 g/mol. The first-order valence-electron chi connectivity index (χ1n) is 6.58. The van der Waals surface area contributed by atoms with Crippen LogP contribution in [0.5, 0.6) is 0 Å². The molecule has 0 bridgehead atoms. The summed E-state index contributed by atoms with van der Waals surface area (Å²) < 4.78 is 0. The maximum atomic E-state index is 11.8. The van der Waals surface area contributed by atoms with E-state index >= 15 is 0 Å². The van der Waals surface area contributed by atoms with Crippen LogP contribution in [-0.2, 0) is 11.3 Å². The Bertz CT molecular complexity index is 542. The summed E-state index contributed by atoms with van der Waals surface area (Å²) in [5.74, 6) is 0.246. The predicted molar refractivity (Wildman–Crippen MR) is 76.6 cm³/mol. The van der Waals surface area contributed by atoms with Crippen LogP contribution in [0.2, 0.25) is 0 Å². The molecule has 1 aliphatic heterocycles. The number of hydrogen-bond acceptors (Lipinski definition) is 4. The number of likely N-dealkylation sites (tertiary alicyclic amines) is 1. The molecular formula is C14H20N4O2. The zero-order chi connectivity index (χ0) is 14.7. The fourth-order valence-electron chi connectivity index (χ4n) is 2.36. The Kier molecular flexibility index (Phi) is 4.24. The lowest BCUT2D eigenvalue weighted by Crippen LogP contribution is -2.36. The highest BCUT2D eigenvalue weighted by molar-refractivity contribution is 5.97. The molecule has 108 valence electrons. The van der Waals surface area contributed by atoms with E-state index < -0.39 is 0 Å². The Morgan fingerprint density at radius 3 is 2.90 bits per heavy atom. The standard InChI is InChI=1S/C14H20N4O2/c1-9-7-10(13(15)17-20)3-4-11(9)8-16-12-5-6-18(2)14(12)19/h3-4,7,12,16,20H,5-6,8H2,1-2H3,(H2,15,17). The van der Waals surface area contributed by atoms with Crippen LogP contribution in [0.4, 0.5) is 0 Å². The summed E-state index contributed by atoms with van der Waals surface area (Å²) in [7, 11) is 1.82. The number of aryl methyl sites for hydroxylation is 1. The summed E-state index contributed by atoms with van der Waals surface area (Å²) in [6.07, 6.45) is 0.844. The summed E-state index contributed by atoms with van der Waals surface area (Å²) >= 11 is 0. The molecule has 0 aromatic heterocycles. The van der Waals surface area contributed by atoms with Crippen LogP contribution >= 0.6 is 0 Å². The largest absolute Gasteiger partial charge is 0.409 e. The first-order valence-corrected chi connectivity index (χ1v) is 6.58. The van der Waals surface area contributed by atoms with E-state index in [1.54, 1.807) is 4.90 Å². The highest BCUT2D eigenvalue weighted by Crippen LogP contribution is 2.13. The molecule has 0 radical (unpaired) electrons. The van der Waals surface area contributed by atoms with Crippen LogP contribution in [0.25, 0.3) is 0 Å². The lowest BCUT2D eigenvalue weighted by molar-refractivity contribution is -0.128. The number of benzene rings is 1. The van der Waals surface area contributed by atoms with Gasteiger partial charge in [-0.3, -0.25) is 4.79 Å². The van der Waals surface area contributed by atoms with Crippen LogP contribution in [-0.4, -0.2) is 41.5 Å². The maximum Gasteiger partial charge on any atom is 0.239 e. The molecule has 0 saturated carbocycles. The monoisotopic (exact) mass is 276 g/mol. The number of carbonyl (C=O) groups is 1. The van der Waals surface area contributed by atoms with E-state index in [1.807, 2.05) is 32.2 Å². The second-order valence-corrected chi connectivity index (χ2v) is 5.11. The minimum atomic E-state index is -0.0943. The molecule has 0 spiro atoms. The SMILES string of the molecule is Cc1cc(/C(N)=N/O)ccc1CNC1CCN(C)C1=O. The number of nitrogens with zero attached hydrogens (tertiary/aromatic N) is 2. The van der Waals surface area contributed by atoms with Gasteiger partial charge in [0.05, 0.1) is 6.04 Å². The normalized spacial score (nSPS) is 19.7. The third kappa shape index (κ3) is 2.91. The third-order valence-corrected chi connectivity index (χ3v) is 3.71. The molecule has 1 unspecified atom stereocenters. The zero-order valence-corrected chi connectivity index (χ0v) is 11.8. The topological polar surface area (TPSA) is 90.9 Å². The smallest absolute Gasteiger partial charge is 0.239 e. The van der Waals surface area contributed by atoms with Gasteiger partial charge in [0, 0.05) is 25.7 Å². The van der Waals surface area contributed by atoms with Gasteiger partial charge in [-0.2, -0.15) is 0 Å². The highest BCUT2D eigenvalue weighted by Gasteiger charge is 2.28. The van der Waals surface area contributed by atoms with Gasteiger partial charge in [-0.15, -0.1) is 0 Å². The summed E-state index contributed by atoms with van der Waals surface area (Å²) in [4.78, 5) is 13.5. The van der Waals surface area contributed by atoms with E-state index in [-0.39, 0.29) is 17.8 Å². The molecule has 1 saturated heterocycles. The molecule has 1 aromatic rings. The van der Waals surface area contributed by atoms with Gasteiger partial charge in [-0.05, 0) is 30.5 Å². The Morgan fingerprint density at radius 2 is 2.35 bits per heavy atom. The number of likely N-dealkylation sites (N-methyl/N-ethyl adjacent to an activating group) is 1. The molecule has 6 nitrogen and oxygen atoms in total. The molecular weight excluding hydrogens is 256 g/mol. The number of amidine groups is 1. The molecule has 1 heterocycles. The van der Waals surface area contributed by atoms with E-state index in [2.05, 4.69) is 10.5 Å². The summed E-state index contributed by atoms with van der Waals surface area (Å²) in [5.41, 5.74) is 8.38. The number of oxime groups is 1. The van der Waals surface area contributed by atoms with Crippen molar-refractivity contribution in [1.82, 2.24) is 10.2 Å². The number of nitrogens with two attached hydrogens (primary N) is 1. The van der Waals surface area contributed by atoms with Gasteiger partial charge in [0.15, 0.2) is 5.84 Å². The Morgan fingerprint density at radius 1 is 1.60 bits per heavy atom. The highest BCUT2D eigenvalue weighted by atomic mass is 16.4. The van der Waals surface area contributed by atoms with Gasteiger partial charge < -0.3 is 21.2 Å². The lowest BCUT2D eigenvalue weighted by Gasteiger charge is -2.14. The molecule has 1 aliphatic rings. The van der Waals surface area contributed by atoms with Crippen molar-refractivity contribution < 1.29 is 10.0 Å². The number of rotatable bonds is 4. The molecule has 2 rings (SSSR count). The molecule has 20 heavy (non-hydrogen) atoms. The van der Waals surface area contributed by atoms with Crippen molar-refractivity contribution in [2.75, 3.05) is 13.6 Å². The second-order valence-electron chi connectivity index (χ2n) is 5.11. The molecule has 0 aliphatic carbocycles. The van der Waals surface area contributed by atoms with Crippen LogP contribution in [0.1, 0.15) is 23.1 Å². The molecule has 6 heteroatoms. The minimum absolute atomic E-state index is 0.0943. The van der Waals surface area contributed by atoms with Crippen molar-refractivity contribution in [3.8, 4) is 0 Å². The van der Waals surface area contributed by atoms with Crippen LogP contribution in [0, 0.1) is 6.92 Å². The van der Waals surface area contributed by atoms with Gasteiger partial charge >= 0.3 is 0 Å².